The van der Waals surface area contributed by atoms with Crippen LogP contribution in [0.5, 0.6) is 0 Å². The highest BCUT2D eigenvalue weighted by Gasteiger charge is 2.20. The van der Waals surface area contributed by atoms with Crippen molar-refractivity contribution in [1.29, 1.82) is 0 Å². The van der Waals surface area contributed by atoms with Crippen LogP contribution in [0.4, 0.5) is 5.82 Å². The van der Waals surface area contributed by atoms with E-state index in [1.54, 1.807) is 35.9 Å². The van der Waals surface area contributed by atoms with E-state index >= 15 is 0 Å². The van der Waals surface area contributed by atoms with Gasteiger partial charge in [0, 0.05) is 10.6 Å². The number of hydrogen-bond donors (Lipinski definition) is 1. The zero-order valence-corrected chi connectivity index (χ0v) is 16.9. The smallest absolute Gasteiger partial charge is 0.256 e. The molecule has 1 aromatic heterocycles. The van der Waals surface area contributed by atoms with Crippen LogP contribution in [0.3, 0.4) is 0 Å². The number of halogens is 1. The van der Waals surface area contributed by atoms with Gasteiger partial charge >= 0.3 is 0 Å². The van der Waals surface area contributed by atoms with Crippen LogP contribution in [0.1, 0.15) is 16.1 Å². The van der Waals surface area contributed by atoms with Crippen LogP contribution >= 0.6 is 11.6 Å². The second-order valence-electron chi connectivity index (χ2n) is 6.71. The molecular weight excluding hydrogens is 398 g/mol. The van der Waals surface area contributed by atoms with E-state index in [4.69, 9.17) is 11.6 Å². The number of aryl methyl sites for hydroxylation is 1. The fourth-order valence-corrected chi connectivity index (χ4v) is 3.29. The summed E-state index contributed by atoms with van der Waals surface area (Å²) >= 11 is 5.94. The van der Waals surface area contributed by atoms with Gasteiger partial charge in [0.15, 0.2) is 0 Å². The maximum Gasteiger partial charge on any atom is 0.256 e. The molecule has 0 saturated heterocycles. The molecule has 0 saturated carbocycles. The van der Waals surface area contributed by atoms with Crippen LogP contribution in [-0.4, -0.2) is 15.7 Å². The first-order valence-corrected chi connectivity index (χ1v) is 9.74. The minimum absolute atomic E-state index is 0.236. The zero-order chi connectivity index (χ0) is 21.1. The molecule has 1 heterocycles. The molecule has 0 aliphatic carbocycles. The summed E-state index contributed by atoms with van der Waals surface area (Å²) in [5.41, 5.74) is 2.33. The Morgan fingerprint density at radius 2 is 1.50 bits per heavy atom. The Bertz CT molecular complexity index is 1250. The monoisotopic (exact) mass is 415 g/mol. The molecule has 0 spiro atoms. The van der Waals surface area contributed by atoms with Crippen LogP contribution in [-0.2, 0) is 0 Å². The lowest BCUT2D eigenvalue weighted by atomic mass is 10.0. The Morgan fingerprint density at radius 1 is 0.900 bits per heavy atom. The number of anilines is 1. The summed E-state index contributed by atoms with van der Waals surface area (Å²) in [6, 6.07) is 25.2. The number of carbonyl (C=O) groups is 1. The predicted molar refractivity (Wildman–Crippen MR) is 119 cm³/mol. The first-order valence-electron chi connectivity index (χ1n) is 9.36. The lowest BCUT2D eigenvalue weighted by Crippen LogP contribution is -2.24. The SMILES string of the molecule is Cc1nn(-c2ccccc2)c(NC(=O)c2ccc(Cl)cc2)c(-c2ccccc2)c1=O. The number of rotatable bonds is 4. The van der Waals surface area contributed by atoms with Crippen molar-refractivity contribution < 1.29 is 4.79 Å². The van der Waals surface area contributed by atoms with Gasteiger partial charge in [0.1, 0.15) is 11.5 Å². The van der Waals surface area contributed by atoms with E-state index in [0.717, 1.165) is 5.69 Å². The van der Waals surface area contributed by atoms with Crippen molar-refractivity contribution in [3.05, 3.63) is 111 Å². The van der Waals surface area contributed by atoms with Crippen LogP contribution < -0.4 is 10.7 Å². The fraction of sp³-hybridized carbons (Fsp3) is 0.0417. The highest BCUT2D eigenvalue weighted by molar-refractivity contribution is 6.30. The number of nitrogens with one attached hydrogen (secondary N) is 1. The van der Waals surface area contributed by atoms with Crippen molar-refractivity contribution in [2.75, 3.05) is 5.32 Å². The molecule has 5 nitrogen and oxygen atoms in total. The van der Waals surface area contributed by atoms with E-state index in [-0.39, 0.29) is 11.3 Å². The molecule has 0 bridgehead atoms. The second-order valence-corrected chi connectivity index (χ2v) is 7.15. The van der Waals surface area contributed by atoms with Crippen molar-refractivity contribution in [1.82, 2.24) is 9.78 Å². The third-order valence-electron chi connectivity index (χ3n) is 4.66. The minimum atomic E-state index is -0.362. The summed E-state index contributed by atoms with van der Waals surface area (Å²) in [4.78, 5) is 26.1. The van der Waals surface area contributed by atoms with E-state index < -0.39 is 0 Å². The van der Waals surface area contributed by atoms with Gasteiger partial charge in [-0.3, -0.25) is 9.59 Å². The molecule has 4 rings (SSSR count). The average Bonchev–Trinajstić information content (AvgIpc) is 2.78. The topological polar surface area (TPSA) is 64.0 Å². The average molecular weight is 416 g/mol. The summed E-state index contributed by atoms with van der Waals surface area (Å²) in [6.45, 7) is 1.67. The third-order valence-corrected chi connectivity index (χ3v) is 4.91. The van der Waals surface area contributed by atoms with Crippen LogP contribution in [0, 0.1) is 6.92 Å². The van der Waals surface area contributed by atoms with Crippen molar-refractivity contribution in [2.45, 2.75) is 6.92 Å². The number of hydrogen-bond acceptors (Lipinski definition) is 3. The molecule has 4 aromatic rings. The Labute approximate surface area is 178 Å². The van der Waals surface area contributed by atoms with E-state index in [9.17, 15) is 9.59 Å². The van der Waals surface area contributed by atoms with Gasteiger partial charge in [-0.1, -0.05) is 60.1 Å². The highest BCUT2D eigenvalue weighted by Crippen LogP contribution is 2.27. The summed E-state index contributed by atoms with van der Waals surface area (Å²) in [6.07, 6.45) is 0. The van der Waals surface area contributed by atoms with Crippen LogP contribution in [0.25, 0.3) is 16.8 Å². The van der Waals surface area contributed by atoms with E-state index in [2.05, 4.69) is 10.4 Å². The van der Waals surface area contributed by atoms with E-state index in [1.807, 2.05) is 60.7 Å². The molecule has 148 valence electrons. The molecule has 0 unspecified atom stereocenters. The number of nitrogens with zero attached hydrogens (tertiary/aromatic N) is 2. The van der Waals surface area contributed by atoms with Crippen molar-refractivity contribution in [3.8, 4) is 16.8 Å². The van der Waals surface area contributed by atoms with Crippen LogP contribution in [0.15, 0.2) is 89.7 Å². The van der Waals surface area contributed by atoms with Crippen molar-refractivity contribution in [2.24, 2.45) is 0 Å². The molecule has 1 N–H and O–H groups in total. The summed E-state index contributed by atoms with van der Waals surface area (Å²) in [5.74, 6) is -0.0541. The maximum absolute atomic E-state index is 13.1. The summed E-state index contributed by atoms with van der Waals surface area (Å²) < 4.78 is 1.59. The molecule has 0 fully saturated rings. The third kappa shape index (κ3) is 3.88. The predicted octanol–water partition coefficient (Wildman–Crippen LogP) is 5.11. The van der Waals surface area contributed by atoms with Gasteiger partial charge in [0.05, 0.1) is 11.3 Å². The normalized spacial score (nSPS) is 10.6. The largest absolute Gasteiger partial charge is 0.306 e. The minimum Gasteiger partial charge on any atom is -0.306 e. The number of amides is 1. The Balaban J connectivity index is 1.94. The number of aromatic nitrogens is 2. The molecule has 0 aliphatic rings. The quantitative estimate of drug-likeness (QED) is 0.503. The number of para-hydroxylation sites is 1. The Hall–Kier alpha value is -3.70. The molecule has 0 aliphatic heterocycles. The fourth-order valence-electron chi connectivity index (χ4n) is 3.16. The highest BCUT2D eigenvalue weighted by atomic mass is 35.5. The maximum atomic E-state index is 13.1. The summed E-state index contributed by atoms with van der Waals surface area (Å²) in [7, 11) is 0. The number of carbonyl (C=O) groups excluding carboxylic acids is 1. The Morgan fingerprint density at radius 3 is 2.13 bits per heavy atom. The van der Waals surface area contributed by atoms with Crippen molar-refractivity contribution >= 4 is 23.3 Å². The molecule has 0 atom stereocenters. The van der Waals surface area contributed by atoms with Gasteiger partial charge in [0.25, 0.3) is 5.91 Å². The zero-order valence-electron chi connectivity index (χ0n) is 16.2. The molecule has 6 heteroatoms. The van der Waals surface area contributed by atoms with E-state index in [0.29, 0.717) is 33.2 Å². The van der Waals surface area contributed by atoms with Gasteiger partial charge in [-0.05, 0) is 48.9 Å². The first-order chi connectivity index (χ1) is 14.5. The molecular formula is C24H18ClN3O2. The lowest BCUT2D eigenvalue weighted by Gasteiger charge is -2.18. The molecule has 0 radical (unpaired) electrons. The summed E-state index contributed by atoms with van der Waals surface area (Å²) in [5, 5.41) is 7.89. The van der Waals surface area contributed by atoms with Crippen molar-refractivity contribution in [3.63, 3.8) is 0 Å². The Kier molecular flexibility index (Phi) is 5.46. The standard InChI is InChI=1S/C24H18ClN3O2/c1-16-22(29)21(17-8-4-2-5-9-17)23(28(27-16)20-10-6-3-7-11-20)26-24(30)18-12-14-19(25)15-13-18/h2-15H,1H3,(H,26,30). The van der Waals surface area contributed by atoms with Gasteiger partial charge < -0.3 is 5.32 Å². The number of benzene rings is 3. The molecule has 30 heavy (non-hydrogen) atoms. The second kappa shape index (κ2) is 8.35. The van der Waals surface area contributed by atoms with E-state index in [1.165, 1.54) is 0 Å². The van der Waals surface area contributed by atoms with Gasteiger partial charge in [-0.15, -0.1) is 0 Å². The lowest BCUT2D eigenvalue weighted by molar-refractivity contribution is 0.102. The molecule has 1 amide bonds. The van der Waals surface area contributed by atoms with Crippen LogP contribution in [0.2, 0.25) is 5.02 Å². The van der Waals surface area contributed by atoms with Gasteiger partial charge in [-0.2, -0.15) is 5.10 Å². The van der Waals surface area contributed by atoms with Gasteiger partial charge in [0.2, 0.25) is 5.43 Å². The van der Waals surface area contributed by atoms with Gasteiger partial charge in [-0.25, -0.2) is 4.68 Å². The first kappa shape index (κ1) is 19.6. The molecule has 3 aromatic carbocycles.